The average molecular weight is 506 g/mol. The van der Waals surface area contributed by atoms with Gasteiger partial charge in [-0.25, -0.2) is 18.4 Å². The van der Waals surface area contributed by atoms with Crippen LogP contribution in [0.4, 0.5) is 0 Å². The number of hydrogen-bond donors (Lipinski definition) is 1. The Kier molecular flexibility index (Phi) is 6.33. The fraction of sp³-hybridized carbons (Fsp3) is 0.240. The standard InChI is InChI=1S/C25H23N5O5S/c1-15-23(36(2,32)33)7-18(11-26-15)25(31)29-12-19-8-22-17(9-27-19)3-5-21(30-22)16-4-6-24(28-10-16)35-20-13-34-14-20/h3-11,20H,12-14H2,1-2H3,(H,29,31). The fourth-order valence-corrected chi connectivity index (χ4v) is 4.59. The second-order valence-electron chi connectivity index (χ2n) is 8.49. The predicted molar refractivity (Wildman–Crippen MR) is 131 cm³/mol. The highest BCUT2D eigenvalue weighted by Gasteiger charge is 2.20. The summed E-state index contributed by atoms with van der Waals surface area (Å²) in [4.78, 5) is 30.2. The third-order valence-electron chi connectivity index (χ3n) is 5.69. The maximum atomic E-state index is 12.6. The molecule has 4 aromatic rings. The molecule has 0 radical (unpaired) electrons. The molecule has 5 heterocycles. The van der Waals surface area contributed by atoms with E-state index < -0.39 is 15.7 Å². The molecule has 36 heavy (non-hydrogen) atoms. The average Bonchev–Trinajstić information content (AvgIpc) is 2.84. The van der Waals surface area contributed by atoms with Crippen LogP contribution in [0.25, 0.3) is 22.2 Å². The quantitative estimate of drug-likeness (QED) is 0.402. The zero-order chi connectivity index (χ0) is 25.3. The van der Waals surface area contributed by atoms with Gasteiger partial charge in [0, 0.05) is 41.9 Å². The van der Waals surface area contributed by atoms with Crippen molar-refractivity contribution in [3.63, 3.8) is 0 Å². The van der Waals surface area contributed by atoms with Crippen LogP contribution < -0.4 is 10.1 Å². The molecule has 0 aromatic carbocycles. The second-order valence-corrected chi connectivity index (χ2v) is 10.5. The maximum Gasteiger partial charge on any atom is 0.253 e. The molecule has 1 N–H and O–H groups in total. The summed E-state index contributed by atoms with van der Waals surface area (Å²) >= 11 is 0. The molecule has 1 fully saturated rings. The van der Waals surface area contributed by atoms with Gasteiger partial charge in [0.25, 0.3) is 5.91 Å². The van der Waals surface area contributed by atoms with E-state index in [9.17, 15) is 13.2 Å². The third kappa shape index (κ3) is 5.16. The summed E-state index contributed by atoms with van der Waals surface area (Å²) in [6.45, 7) is 2.88. The van der Waals surface area contributed by atoms with E-state index in [4.69, 9.17) is 14.5 Å². The number of aryl methyl sites for hydroxylation is 1. The van der Waals surface area contributed by atoms with Gasteiger partial charge in [-0.05, 0) is 37.3 Å². The number of carbonyl (C=O) groups excluding carboxylic acids is 1. The van der Waals surface area contributed by atoms with Gasteiger partial charge in [0.15, 0.2) is 9.84 Å². The van der Waals surface area contributed by atoms with Crippen molar-refractivity contribution >= 4 is 26.6 Å². The number of pyridine rings is 4. The highest BCUT2D eigenvalue weighted by molar-refractivity contribution is 7.90. The molecule has 11 heteroatoms. The fourth-order valence-electron chi connectivity index (χ4n) is 3.66. The van der Waals surface area contributed by atoms with Crippen molar-refractivity contribution in [1.82, 2.24) is 25.3 Å². The first kappa shape index (κ1) is 23.8. The highest BCUT2D eigenvalue weighted by atomic mass is 32.2. The van der Waals surface area contributed by atoms with Gasteiger partial charge in [-0.3, -0.25) is 14.8 Å². The maximum absolute atomic E-state index is 12.6. The van der Waals surface area contributed by atoms with Crippen molar-refractivity contribution in [3.8, 4) is 17.1 Å². The number of sulfone groups is 1. The number of ether oxygens (including phenoxy) is 2. The molecule has 0 bridgehead atoms. The van der Waals surface area contributed by atoms with Crippen molar-refractivity contribution in [2.45, 2.75) is 24.5 Å². The minimum atomic E-state index is -3.49. The first-order valence-corrected chi connectivity index (χ1v) is 13.1. The van der Waals surface area contributed by atoms with E-state index in [1.165, 1.54) is 12.3 Å². The van der Waals surface area contributed by atoms with Crippen molar-refractivity contribution < 1.29 is 22.7 Å². The first-order chi connectivity index (χ1) is 17.3. The normalized spacial score (nSPS) is 13.8. The molecule has 0 atom stereocenters. The van der Waals surface area contributed by atoms with Crippen LogP contribution >= 0.6 is 0 Å². The Labute approximate surface area is 207 Å². The Morgan fingerprint density at radius 1 is 1.08 bits per heavy atom. The number of aromatic nitrogens is 4. The predicted octanol–water partition coefficient (Wildman–Crippen LogP) is 2.51. The first-order valence-electron chi connectivity index (χ1n) is 11.2. The van der Waals surface area contributed by atoms with Crippen molar-refractivity contribution in [1.29, 1.82) is 0 Å². The molecule has 1 amide bonds. The lowest BCUT2D eigenvalue weighted by Crippen LogP contribution is -2.38. The Morgan fingerprint density at radius 3 is 2.61 bits per heavy atom. The van der Waals surface area contributed by atoms with Crippen LogP contribution in [0, 0.1) is 6.92 Å². The van der Waals surface area contributed by atoms with Crippen LogP contribution in [0.2, 0.25) is 0 Å². The number of nitrogens with zero attached hydrogens (tertiary/aromatic N) is 4. The molecule has 4 aromatic heterocycles. The van der Waals surface area contributed by atoms with Crippen LogP contribution in [0.5, 0.6) is 5.88 Å². The van der Waals surface area contributed by atoms with Gasteiger partial charge in [-0.2, -0.15) is 0 Å². The largest absolute Gasteiger partial charge is 0.469 e. The molecule has 0 spiro atoms. The Balaban J connectivity index is 1.30. The Morgan fingerprint density at radius 2 is 1.92 bits per heavy atom. The minimum Gasteiger partial charge on any atom is -0.469 e. The molecule has 0 unspecified atom stereocenters. The van der Waals surface area contributed by atoms with Gasteiger partial charge in [-0.1, -0.05) is 0 Å². The second kappa shape index (κ2) is 9.59. The topological polar surface area (TPSA) is 133 Å². The summed E-state index contributed by atoms with van der Waals surface area (Å²) in [5.74, 6) is 0.0975. The Hall–Kier alpha value is -3.96. The van der Waals surface area contributed by atoms with E-state index in [1.807, 2.05) is 24.3 Å². The van der Waals surface area contributed by atoms with Gasteiger partial charge in [-0.15, -0.1) is 0 Å². The minimum absolute atomic E-state index is 0.0295. The SMILES string of the molecule is Cc1ncc(C(=O)NCc2cc3nc(-c4ccc(OC5COC5)nc4)ccc3cn2)cc1S(C)(=O)=O. The summed E-state index contributed by atoms with van der Waals surface area (Å²) in [5, 5.41) is 3.61. The van der Waals surface area contributed by atoms with Crippen LogP contribution in [0.1, 0.15) is 21.7 Å². The number of nitrogens with one attached hydrogen (secondary N) is 1. The third-order valence-corrected chi connectivity index (χ3v) is 6.90. The highest BCUT2D eigenvalue weighted by Crippen LogP contribution is 2.23. The van der Waals surface area contributed by atoms with E-state index >= 15 is 0 Å². The molecule has 10 nitrogen and oxygen atoms in total. The summed E-state index contributed by atoms with van der Waals surface area (Å²) in [6, 6.07) is 10.7. The van der Waals surface area contributed by atoms with Crippen molar-refractivity contribution in [3.05, 3.63) is 71.9 Å². The molecular formula is C25H23N5O5S. The monoisotopic (exact) mass is 505 g/mol. The van der Waals surface area contributed by atoms with E-state index in [-0.39, 0.29) is 23.1 Å². The number of fused-ring (bicyclic) bond motifs is 1. The summed E-state index contributed by atoms with van der Waals surface area (Å²) in [5.41, 5.74) is 3.41. The molecule has 5 rings (SSSR count). The van der Waals surface area contributed by atoms with Gasteiger partial charge in [0.05, 0.1) is 52.8 Å². The number of hydrogen-bond acceptors (Lipinski definition) is 9. The molecule has 1 aliphatic heterocycles. The molecule has 0 saturated carbocycles. The summed E-state index contributed by atoms with van der Waals surface area (Å²) in [6.07, 6.45) is 5.90. The molecule has 1 saturated heterocycles. The van der Waals surface area contributed by atoms with E-state index in [1.54, 1.807) is 25.4 Å². The molecule has 0 aliphatic carbocycles. The number of amides is 1. The summed E-state index contributed by atoms with van der Waals surface area (Å²) in [7, 11) is -3.49. The van der Waals surface area contributed by atoms with E-state index in [0.717, 1.165) is 28.4 Å². The summed E-state index contributed by atoms with van der Waals surface area (Å²) < 4.78 is 34.7. The van der Waals surface area contributed by atoms with Crippen LogP contribution in [-0.4, -0.2) is 59.8 Å². The van der Waals surface area contributed by atoms with Crippen molar-refractivity contribution in [2.24, 2.45) is 0 Å². The van der Waals surface area contributed by atoms with Crippen LogP contribution in [0.3, 0.4) is 0 Å². The van der Waals surface area contributed by atoms with Gasteiger partial charge >= 0.3 is 0 Å². The van der Waals surface area contributed by atoms with Gasteiger partial charge in [0.2, 0.25) is 5.88 Å². The molecule has 1 aliphatic rings. The number of carbonyl (C=O) groups is 1. The zero-order valence-electron chi connectivity index (χ0n) is 19.6. The molecular weight excluding hydrogens is 482 g/mol. The van der Waals surface area contributed by atoms with E-state index in [2.05, 4.69) is 20.3 Å². The van der Waals surface area contributed by atoms with E-state index in [0.29, 0.717) is 30.5 Å². The van der Waals surface area contributed by atoms with Crippen LogP contribution in [0.15, 0.2) is 59.9 Å². The van der Waals surface area contributed by atoms with Gasteiger partial charge in [0.1, 0.15) is 6.10 Å². The van der Waals surface area contributed by atoms with Crippen molar-refractivity contribution in [2.75, 3.05) is 19.5 Å². The lowest BCUT2D eigenvalue weighted by atomic mass is 10.1. The number of rotatable bonds is 7. The van der Waals surface area contributed by atoms with Crippen LogP contribution in [-0.2, 0) is 21.1 Å². The lowest BCUT2D eigenvalue weighted by Gasteiger charge is -2.26. The van der Waals surface area contributed by atoms with Gasteiger partial charge < -0.3 is 14.8 Å². The Bertz CT molecular complexity index is 1550. The lowest BCUT2D eigenvalue weighted by molar-refractivity contribution is -0.0813. The smallest absolute Gasteiger partial charge is 0.253 e. The zero-order valence-corrected chi connectivity index (χ0v) is 20.4. The molecule has 184 valence electrons.